The summed E-state index contributed by atoms with van der Waals surface area (Å²) in [4.78, 5) is 12.1. The molecule has 94 valence electrons. The summed E-state index contributed by atoms with van der Waals surface area (Å²) in [6.07, 6.45) is 1.63. The van der Waals surface area contributed by atoms with Crippen LogP contribution in [0.5, 0.6) is 0 Å². The maximum Gasteiger partial charge on any atom is 0.227 e. The SMILES string of the molecule is CCC(C)NC(=O)C(CCN)c1ccccc1. The quantitative estimate of drug-likeness (QED) is 0.791. The molecule has 3 nitrogen and oxygen atoms in total. The minimum Gasteiger partial charge on any atom is -0.353 e. The second-order valence-electron chi connectivity index (χ2n) is 4.36. The third kappa shape index (κ3) is 4.19. The van der Waals surface area contributed by atoms with Crippen LogP contribution in [0.1, 0.15) is 38.2 Å². The molecule has 17 heavy (non-hydrogen) atoms. The molecule has 0 aliphatic carbocycles. The molecule has 0 heterocycles. The Labute approximate surface area is 103 Å². The van der Waals surface area contributed by atoms with E-state index in [4.69, 9.17) is 5.73 Å². The molecule has 1 rings (SSSR count). The van der Waals surface area contributed by atoms with Gasteiger partial charge >= 0.3 is 0 Å². The Kier molecular flexibility index (Phi) is 5.70. The average Bonchev–Trinajstić information content (AvgIpc) is 2.36. The molecule has 2 atom stereocenters. The van der Waals surface area contributed by atoms with E-state index >= 15 is 0 Å². The standard InChI is InChI=1S/C14H22N2O/c1-3-11(2)16-14(17)13(9-10-15)12-7-5-4-6-8-12/h4-8,11,13H,3,9-10,15H2,1-2H3,(H,16,17). The number of benzene rings is 1. The Morgan fingerprint density at radius 2 is 2.00 bits per heavy atom. The zero-order valence-electron chi connectivity index (χ0n) is 10.6. The number of nitrogens with one attached hydrogen (secondary N) is 1. The van der Waals surface area contributed by atoms with E-state index in [1.165, 1.54) is 0 Å². The molecule has 1 amide bonds. The Morgan fingerprint density at radius 1 is 1.35 bits per heavy atom. The van der Waals surface area contributed by atoms with Gasteiger partial charge < -0.3 is 11.1 Å². The molecule has 0 bridgehead atoms. The highest BCUT2D eigenvalue weighted by Crippen LogP contribution is 2.19. The molecular weight excluding hydrogens is 212 g/mol. The summed E-state index contributed by atoms with van der Waals surface area (Å²) in [5.41, 5.74) is 6.63. The molecule has 3 N–H and O–H groups in total. The largest absolute Gasteiger partial charge is 0.353 e. The van der Waals surface area contributed by atoms with E-state index in [0.717, 1.165) is 12.0 Å². The normalized spacial score (nSPS) is 14.1. The molecule has 0 saturated heterocycles. The van der Waals surface area contributed by atoms with Crippen molar-refractivity contribution in [2.24, 2.45) is 5.73 Å². The summed E-state index contributed by atoms with van der Waals surface area (Å²) in [6, 6.07) is 10.0. The monoisotopic (exact) mass is 234 g/mol. The second-order valence-corrected chi connectivity index (χ2v) is 4.36. The molecular formula is C14H22N2O. The molecule has 2 unspecified atom stereocenters. The van der Waals surface area contributed by atoms with Crippen molar-refractivity contribution in [1.82, 2.24) is 5.32 Å². The molecule has 0 aliphatic heterocycles. The summed E-state index contributed by atoms with van der Waals surface area (Å²) in [5.74, 6) is -0.0498. The average molecular weight is 234 g/mol. The summed E-state index contributed by atoms with van der Waals surface area (Å²) in [5, 5.41) is 3.02. The van der Waals surface area contributed by atoms with Gasteiger partial charge in [0.1, 0.15) is 0 Å². The highest BCUT2D eigenvalue weighted by atomic mass is 16.1. The summed E-state index contributed by atoms with van der Waals surface area (Å²) >= 11 is 0. The molecule has 1 aromatic carbocycles. The number of nitrogens with two attached hydrogens (primary N) is 1. The van der Waals surface area contributed by atoms with Crippen molar-refractivity contribution in [3.05, 3.63) is 35.9 Å². The van der Waals surface area contributed by atoms with Crippen LogP contribution in [0.3, 0.4) is 0 Å². The molecule has 0 spiro atoms. The molecule has 3 heteroatoms. The first-order valence-corrected chi connectivity index (χ1v) is 6.24. The number of amides is 1. The Morgan fingerprint density at radius 3 is 2.53 bits per heavy atom. The lowest BCUT2D eigenvalue weighted by Crippen LogP contribution is -2.36. The Balaban J connectivity index is 2.75. The minimum absolute atomic E-state index is 0.0796. The van der Waals surface area contributed by atoms with Gasteiger partial charge in [-0.1, -0.05) is 37.3 Å². The van der Waals surface area contributed by atoms with Gasteiger partial charge in [0, 0.05) is 6.04 Å². The highest BCUT2D eigenvalue weighted by molar-refractivity contribution is 5.83. The van der Waals surface area contributed by atoms with Crippen LogP contribution in [0, 0.1) is 0 Å². The van der Waals surface area contributed by atoms with E-state index in [1.807, 2.05) is 37.3 Å². The van der Waals surface area contributed by atoms with Crippen LogP contribution < -0.4 is 11.1 Å². The predicted octanol–water partition coefficient (Wildman–Crippen LogP) is 2.03. The lowest BCUT2D eigenvalue weighted by molar-refractivity contribution is -0.123. The molecule has 1 aromatic rings. The van der Waals surface area contributed by atoms with Gasteiger partial charge in [-0.25, -0.2) is 0 Å². The van der Waals surface area contributed by atoms with Crippen LogP contribution in [-0.2, 0) is 4.79 Å². The van der Waals surface area contributed by atoms with Gasteiger partial charge in [0.2, 0.25) is 5.91 Å². The fourth-order valence-corrected chi connectivity index (χ4v) is 1.75. The summed E-state index contributed by atoms with van der Waals surface area (Å²) in [6.45, 7) is 4.60. The van der Waals surface area contributed by atoms with Crippen molar-refractivity contribution in [3.63, 3.8) is 0 Å². The maximum absolute atomic E-state index is 12.1. The topological polar surface area (TPSA) is 55.1 Å². The van der Waals surface area contributed by atoms with Gasteiger partial charge in [-0.2, -0.15) is 0 Å². The van der Waals surface area contributed by atoms with Crippen LogP contribution >= 0.6 is 0 Å². The molecule has 0 aromatic heterocycles. The Hall–Kier alpha value is -1.35. The summed E-state index contributed by atoms with van der Waals surface area (Å²) < 4.78 is 0. The molecule has 0 radical (unpaired) electrons. The third-order valence-electron chi connectivity index (χ3n) is 2.97. The maximum atomic E-state index is 12.1. The van der Waals surface area contributed by atoms with Gasteiger partial charge in [-0.15, -0.1) is 0 Å². The first-order valence-electron chi connectivity index (χ1n) is 6.24. The van der Waals surface area contributed by atoms with Crippen LogP contribution in [0.15, 0.2) is 30.3 Å². The number of hydrogen-bond acceptors (Lipinski definition) is 2. The van der Waals surface area contributed by atoms with Gasteiger partial charge in [-0.05, 0) is 31.9 Å². The molecule has 0 aliphatic rings. The van der Waals surface area contributed by atoms with Crippen molar-refractivity contribution in [1.29, 1.82) is 0 Å². The van der Waals surface area contributed by atoms with Crippen LogP contribution in [0.2, 0.25) is 0 Å². The van der Waals surface area contributed by atoms with Gasteiger partial charge in [-0.3, -0.25) is 4.79 Å². The minimum atomic E-state index is -0.129. The third-order valence-corrected chi connectivity index (χ3v) is 2.97. The van der Waals surface area contributed by atoms with Gasteiger partial charge in [0.25, 0.3) is 0 Å². The lowest BCUT2D eigenvalue weighted by Gasteiger charge is -2.19. The molecule has 0 saturated carbocycles. The smallest absolute Gasteiger partial charge is 0.227 e. The van der Waals surface area contributed by atoms with Crippen molar-refractivity contribution < 1.29 is 4.79 Å². The first-order chi connectivity index (χ1) is 8.19. The van der Waals surface area contributed by atoms with Crippen LogP contribution in [0.4, 0.5) is 0 Å². The number of carbonyl (C=O) groups is 1. The fourth-order valence-electron chi connectivity index (χ4n) is 1.75. The van der Waals surface area contributed by atoms with Gasteiger partial charge in [0.15, 0.2) is 0 Å². The van der Waals surface area contributed by atoms with E-state index in [2.05, 4.69) is 12.2 Å². The first kappa shape index (κ1) is 13.7. The van der Waals surface area contributed by atoms with Crippen molar-refractivity contribution in [2.75, 3.05) is 6.54 Å². The summed E-state index contributed by atoms with van der Waals surface area (Å²) in [7, 11) is 0. The number of carbonyl (C=O) groups excluding carboxylic acids is 1. The predicted molar refractivity (Wildman–Crippen MR) is 70.8 cm³/mol. The fraction of sp³-hybridized carbons (Fsp3) is 0.500. The highest BCUT2D eigenvalue weighted by Gasteiger charge is 2.20. The zero-order chi connectivity index (χ0) is 12.7. The number of rotatable bonds is 6. The zero-order valence-corrected chi connectivity index (χ0v) is 10.6. The van der Waals surface area contributed by atoms with Gasteiger partial charge in [0.05, 0.1) is 5.92 Å². The molecule has 0 fully saturated rings. The van der Waals surface area contributed by atoms with Crippen molar-refractivity contribution in [2.45, 2.75) is 38.6 Å². The van der Waals surface area contributed by atoms with Crippen molar-refractivity contribution in [3.8, 4) is 0 Å². The van der Waals surface area contributed by atoms with Crippen LogP contribution in [-0.4, -0.2) is 18.5 Å². The second kappa shape index (κ2) is 7.07. The lowest BCUT2D eigenvalue weighted by atomic mass is 9.94. The van der Waals surface area contributed by atoms with E-state index in [1.54, 1.807) is 0 Å². The van der Waals surface area contributed by atoms with E-state index in [-0.39, 0.29) is 17.9 Å². The van der Waals surface area contributed by atoms with Crippen LogP contribution in [0.25, 0.3) is 0 Å². The number of hydrogen-bond donors (Lipinski definition) is 2. The van der Waals surface area contributed by atoms with E-state index in [0.29, 0.717) is 13.0 Å². The van der Waals surface area contributed by atoms with E-state index < -0.39 is 0 Å². The Bertz CT molecular complexity index is 337. The van der Waals surface area contributed by atoms with Crippen molar-refractivity contribution >= 4 is 5.91 Å². The van der Waals surface area contributed by atoms with E-state index in [9.17, 15) is 4.79 Å².